The van der Waals surface area contributed by atoms with Crippen LogP contribution in [0.4, 0.5) is 0 Å². The lowest BCUT2D eigenvalue weighted by atomic mass is 10.1. The van der Waals surface area contributed by atoms with Crippen molar-refractivity contribution in [2.24, 2.45) is 7.05 Å². The summed E-state index contributed by atoms with van der Waals surface area (Å²) in [6, 6.07) is 8.41. The Labute approximate surface area is 90.3 Å². The molecule has 0 saturated carbocycles. The van der Waals surface area contributed by atoms with Crippen molar-refractivity contribution in [2.75, 3.05) is 0 Å². The SMILES string of the molecule is C=C(C)/C=C/c1cn(C)c2ccccc12. The molecule has 0 radical (unpaired) electrons. The molecule has 76 valence electrons. The molecule has 0 atom stereocenters. The number of allylic oxidation sites excluding steroid dienone is 2. The van der Waals surface area contributed by atoms with E-state index in [0.29, 0.717) is 0 Å². The van der Waals surface area contributed by atoms with Crippen LogP contribution in [0.25, 0.3) is 17.0 Å². The summed E-state index contributed by atoms with van der Waals surface area (Å²) in [6.07, 6.45) is 6.30. The molecule has 0 bridgehead atoms. The van der Waals surface area contributed by atoms with Gasteiger partial charge in [-0.05, 0) is 18.6 Å². The molecule has 0 spiro atoms. The Morgan fingerprint density at radius 2 is 2.07 bits per heavy atom. The summed E-state index contributed by atoms with van der Waals surface area (Å²) in [4.78, 5) is 0. The molecule has 0 saturated heterocycles. The maximum absolute atomic E-state index is 3.86. The molecule has 2 aromatic rings. The monoisotopic (exact) mass is 197 g/mol. The Morgan fingerprint density at radius 1 is 1.33 bits per heavy atom. The molecule has 2 rings (SSSR count). The van der Waals surface area contributed by atoms with E-state index in [1.54, 1.807) is 0 Å². The van der Waals surface area contributed by atoms with Crippen LogP contribution in [0.5, 0.6) is 0 Å². The van der Waals surface area contributed by atoms with E-state index in [-0.39, 0.29) is 0 Å². The van der Waals surface area contributed by atoms with Crippen molar-refractivity contribution in [3.63, 3.8) is 0 Å². The third-order valence-electron chi connectivity index (χ3n) is 2.48. The zero-order chi connectivity index (χ0) is 10.8. The second-order valence-electron chi connectivity index (χ2n) is 3.89. The summed E-state index contributed by atoms with van der Waals surface area (Å²) in [6.45, 7) is 5.87. The van der Waals surface area contributed by atoms with Crippen LogP contribution in [0.15, 0.2) is 48.7 Å². The molecular weight excluding hydrogens is 182 g/mol. The molecule has 1 heteroatoms. The zero-order valence-corrected chi connectivity index (χ0v) is 9.20. The van der Waals surface area contributed by atoms with Crippen molar-refractivity contribution in [1.82, 2.24) is 4.57 Å². The standard InChI is InChI=1S/C14H15N/c1-11(2)8-9-12-10-15(3)14-7-5-4-6-13(12)14/h4-10H,1H2,2-3H3/b9-8+. The van der Waals surface area contributed by atoms with Crippen LogP contribution in [-0.4, -0.2) is 4.57 Å². The van der Waals surface area contributed by atoms with Crippen LogP contribution in [0.3, 0.4) is 0 Å². The molecule has 0 amide bonds. The Balaban J connectivity index is 2.57. The van der Waals surface area contributed by atoms with E-state index in [4.69, 9.17) is 0 Å². The third kappa shape index (κ3) is 1.86. The van der Waals surface area contributed by atoms with Gasteiger partial charge in [0.2, 0.25) is 0 Å². The highest BCUT2D eigenvalue weighted by molar-refractivity contribution is 5.89. The van der Waals surface area contributed by atoms with Crippen LogP contribution in [0, 0.1) is 0 Å². The first-order chi connectivity index (χ1) is 7.18. The van der Waals surface area contributed by atoms with E-state index in [1.165, 1.54) is 16.5 Å². The van der Waals surface area contributed by atoms with E-state index in [1.807, 2.05) is 13.0 Å². The van der Waals surface area contributed by atoms with Crippen LogP contribution >= 0.6 is 0 Å². The number of hydrogen-bond donors (Lipinski definition) is 0. The van der Waals surface area contributed by atoms with Gasteiger partial charge in [-0.3, -0.25) is 0 Å². The van der Waals surface area contributed by atoms with E-state index in [2.05, 4.69) is 54.7 Å². The van der Waals surface area contributed by atoms with Crippen molar-refractivity contribution in [2.45, 2.75) is 6.92 Å². The van der Waals surface area contributed by atoms with Crippen molar-refractivity contribution in [1.29, 1.82) is 0 Å². The Hall–Kier alpha value is -1.76. The van der Waals surface area contributed by atoms with Gasteiger partial charge < -0.3 is 4.57 Å². The first kappa shape index (κ1) is 9.78. The number of aromatic nitrogens is 1. The topological polar surface area (TPSA) is 4.93 Å². The predicted octanol–water partition coefficient (Wildman–Crippen LogP) is 3.77. The van der Waals surface area contributed by atoms with Crippen molar-refractivity contribution in [3.05, 3.63) is 54.3 Å². The minimum Gasteiger partial charge on any atom is -0.350 e. The Bertz CT molecular complexity index is 529. The van der Waals surface area contributed by atoms with E-state index in [9.17, 15) is 0 Å². The summed E-state index contributed by atoms with van der Waals surface area (Å²) < 4.78 is 2.15. The normalized spacial score (nSPS) is 11.3. The number of benzene rings is 1. The molecule has 0 fully saturated rings. The van der Waals surface area contributed by atoms with Gasteiger partial charge in [0.15, 0.2) is 0 Å². The highest BCUT2D eigenvalue weighted by Gasteiger charge is 2.01. The molecule has 0 unspecified atom stereocenters. The average molecular weight is 197 g/mol. The molecule has 0 N–H and O–H groups in total. The number of rotatable bonds is 2. The summed E-state index contributed by atoms with van der Waals surface area (Å²) in [5.41, 5.74) is 3.58. The van der Waals surface area contributed by atoms with Gasteiger partial charge in [-0.25, -0.2) is 0 Å². The second-order valence-corrected chi connectivity index (χ2v) is 3.89. The number of para-hydroxylation sites is 1. The maximum atomic E-state index is 3.86. The lowest BCUT2D eigenvalue weighted by Gasteiger charge is -1.93. The molecular formula is C14H15N. The first-order valence-corrected chi connectivity index (χ1v) is 5.06. The maximum Gasteiger partial charge on any atom is 0.0483 e. The van der Waals surface area contributed by atoms with Crippen LogP contribution in [0.1, 0.15) is 12.5 Å². The van der Waals surface area contributed by atoms with Gasteiger partial charge in [0.1, 0.15) is 0 Å². The molecule has 15 heavy (non-hydrogen) atoms. The van der Waals surface area contributed by atoms with E-state index >= 15 is 0 Å². The summed E-state index contributed by atoms with van der Waals surface area (Å²) in [5, 5.41) is 1.29. The lowest BCUT2D eigenvalue weighted by molar-refractivity contribution is 0.968. The summed E-state index contributed by atoms with van der Waals surface area (Å²) in [5.74, 6) is 0. The smallest absolute Gasteiger partial charge is 0.0483 e. The first-order valence-electron chi connectivity index (χ1n) is 5.06. The summed E-state index contributed by atoms with van der Waals surface area (Å²) >= 11 is 0. The van der Waals surface area contributed by atoms with Gasteiger partial charge >= 0.3 is 0 Å². The zero-order valence-electron chi connectivity index (χ0n) is 9.20. The van der Waals surface area contributed by atoms with Gasteiger partial charge in [0, 0.05) is 24.1 Å². The molecule has 1 nitrogen and oxygen atoms in total. The van der Waals surface area contributed by atoms with Crippen molar-refractivity contribution in [3.8, 4) is 0 Å². The van der Waals surface area contributed by atoms with Crippen LogP contribution in [0.2, 0.25) is 0 Å². The van der Waals surface area contributed by atoms with E-state index < -0.39 is 0 Å². The molecule has 0 aliphatic heterocycles. The van der Waals surface area contributed by atoms with Crippen LogP contribution < -0.4 is 0 Å². The fourth-order valence-corrected chi connectivity index (χ4v) is 1.74. The third-order valence-corrected chi connectivity index (χ3v) is 2.48. The average Bonchev–Trinajstić information content (AvgIpc) is 2.54. The molecule has 0 aliphatic rings. The fraction of sp³-hybridized carbons (Fsp3) is 0.143. The molecule has 1 heterocycles. The lowest BCUT2D eigenvalue weighted by Crippen LogP contribution is -1.81. The van der Waals surface area contributed by atoms with Gasteiger partial charge in [-0.15, -0.1) is 0 Å². The van der Waals surface area contributed by atoms with Crippen molar-refractivity contribution >= 4 is 17.0 Å². The van der Waals surface area contributed by atoms with Crippen LogP contribution in [-0.2, 0) is 7.05 Å². The second kappa shape index (κ2) is 3.77. The predicted molar refractivity (Wildman–Crippen MR) is 66.8 cm³/mol. The van der Waals surface area contributed by atoms with Gasteiger partial charge in [-0.1, -0.05) is 42.5 Å². The minimum atomic E-state index is 1.07. The Kier molecular flexibility index (Phi) is 2.46. The molecule has 1 aromatic carbocycles. The van der Waals surface area contributed by atoms with Gasteiger partial charge in [-0.2, -0.15) is 0 Å². The van der Waals surface area contributed by atoms with E-state index in [0.717, 1.165) is 5.57 Å². The number of nitrogens with zero attached hydrogens (tertiary/aromatic N) is 1. The van der Waals surface area contributed by atoms with Gasteiger partial charge in [0.25, 0.3) is 0 Å². The van der Waals surface area contributed by atoms with Gasteiger partial charge in [0.05, 0.1) is 0 Å². The quantitative estimate of drug-likeness (QED) is 0.646. The molecule has 0 aliphatic carbocycles. The summed E-state index contributed by atoms with van der Waals surface area (Å²) in [7, 11) is 2.07. The highest BCUT2D eigenvalue weighted by Crippen LogP contribution is 2.21. The number of hydrogen-bond acceptors (Lipinski definition) is 0. The van der Waals surface area contributed by atoms with Crippen molar-refractivity contribution < 1.29 is 0 Å². The largest absolute Gasteiger partial charge is 0.350 e. The minimum absolute atomic E-state index is 1.07. The Morgan fingerprint density at radius 3 is 2.80 bits per heavy atom. The highest BCUT2D eigenvalue weighted by atomic mass is 14.9. The fourth-order valence-electron chi connectivity index (χ4n) is 1.74. The number of aryl methyl sites for hydroxylation is 1. The molecule has 1 aromatic heterocycles. The number of fused-ring (bicyclic) bond motifs is 1.